The molecule has 0 bridgehead atoms. The van der Waals surface area contributed by atoms with Crippen LogP contribution in [0.4, 0.5) is 0 Å². The van der Waals surface area contributed by atoms with Crippen LogP contribution in [0.15, 0.2) is 29.0 Å². The third-order valence-corrected chi connectivity index (χ3v) is 5.95. The molecular weight excluding hydrogens is 426 g/mol. The van der Waals surface area contributed by atoms with Gasteiger partial charge in [-0.3, -0.25) is 19.4 Å². The number of carbonyl (C=O) groups excluding carboxylic acids is 3. The number of likely N-dealkylation sites (tertiary alicyclic amines) is 1. The topological polar surface area (TPSA) is 104 Å². The van der Waals surface area contributed by atoms with E-state index in [-0.39, 0.29) is 29.7 Å². The third kappa shape index (κ3) is 3.46. The van der Waals surface area contributed by atoms with E-state index in [0.717, 1.165) is 9.86 Å². The van der Waals surface area contributed by atoms with Gasteiger partial charge in [0.1, 0.15) is 11.6 Å². The molecule has 2 fully saturated rings. The minimum atomic E-state index is -0.602. The Hall–Kier alpha value is -2.55. The third-order valence-electron chi connectivity index (χ3n) is 5.37. The molecule has 0 aromatic carbocycles. The summed E-state index contributed by atoms with van der Waals surface area (Å²) in [6.45, 7) is 3.45. The zero-order valence-electron chi connectivity index (χ0n) is 15.3. The summed E-state index contributed by atoms with van der Waals surface area (Å²) in [6.07, 6.45) is 3.86. The molecule has 3 atom stereocenters. The summed E-state index contributed by atoms with van der Waals surface area (Å²) in [4.78, 5) is 47.3. The van der Waals surface area contributed by atoms with E-state index in [0.29, 0.717) is 37.3 Å². The maximum absolute atomic E-state index is 12.7. The van der Waals surface area contributed by atoms with Gasteiger partial charge in [-0.15, -0.1) is 0 Å². The summed E-state index contributed by atoms with van der Waals surface area (Å²) in [5.74, 6) is -1.15. The second kappa shape index (κ2) is 7.46. The Morgan fingerprint density at radius 2 is 2.11 bits per heavy atom. The maximum Gasteiger partial charge on any atom is 0.270 e. The van der Waals surface area contributed by atoms with Crippen molar-refractivity contribution >= 4 is 44.6 Å². The predicted molar refractivity (Wildman–Crippen MR) is 105 cm³/mol. The van der Waals surface area contributed by atoms with Crippen molar-refractivity contribution < 1.29 is 14.4 Å². The monoisotopic (exact) mass is 445 g/mol. The van der Waals surface area contributed by atoms with E-state index < -0.39 is 5.92 Å². The van der Waals surface area contributed by atoms with Crippen molar-refractivity contribution in [3.63, 3.8) is 0 Å². The lowest BCUT2D eigenvalue weighted by molar-refractivity contribution is -0.139. The van der Waals surface area contributed by atoms with Gasteiger partial charge in [0.25, 0.3) is 5.91 Å². The van der Waals surface area contributed by atoms with Crippen LogP contribution >= 0.6 is 15.9 Å². The highest BCUT2D eigenvalue weighted by Gasteiger charge is 2.40. The Morgan fingerprint density at radius 3 is 2.86 bits per heavy atom. The van der Waals surface area contributed by atoms with E-state index >= 15 is 0 Å². The summed E-state index contributed by atoms with van der Waals surface area (Å²) in [6, 6.07) is 3.29. The lowest BCUT2D eigenvalue weighted by atomic mass is 10.1. The molecule has 2 aromatic heterocycles. The van der Waals surface area contributed by atoms with E-state index in [2.05, 4.69) is 36.5 Å². The van der Waals surface area contributed by atoms with Crippen LogP contribution in [-0.2, 0) is 9.59 Å². The van der Waals surface area contributed by atoms with Gasteiger partial charge in [-0.2, -0.15) is 0 Å². The second-order valence-electron chi connectivity index (χ2n) is 7.32. The molecule has 2 N–H and O–H groups in total. The lowest BCUT2D eigenvalue weighted by Gasteiger charge is -2.19. The van der Waals surface area contributed by atoms with Crippen molar-refractivity contribution in [3.8, 4) is 0 Å². The van der Waals surface area contributed by atoms with E-state index in [9.17, 15) is 14.4 Å². The van der Waals surface area contributed by atoms with Gasteiger partial charge in [-0.05, 0) is 40.4 Å². The first kappa shape index (κ1) is 18.8. The second-order valence-corrected chi connectivity index (χ2v) is 8.18. The van der Waals surface area contributed by atoms with Crippen LogP contribution < -0.4 is 10.6 Å². The quantitative estimate of drug-likeness (QED) is 0.688. The predicted octanol–water partition coefficient (Wildman–Crippen LogP) is 1.11. The molecule has 4 rings (SSSR count). The first-order valence-corrected chi connectivity index (χ1v) is 10.0. The molecule has 0 spiro atoms. The summed E-state index contributed by atoms with van der Waals surface area (Å²) in [5.41, 5.74) is 0.984. The van der Waals surface area contributed by atoms with Crippen LogP contribution in [0.1, 0.15) is 23.8 Å². The van der Waals surface area contributed by atoms with Gasteiger partial charge in [0.15, 0.2) is 0 Å². The Kier molecular flexibility index (Phi) is 5.01. The standard InChI is InChI=1S/C19H20BrN5O3/c1-10-8-25(19(28)12-4-5-22-17(12)26)9-15(10)24-18(27)14-3-2-11-6-21-7-13(20)16(11)23-14/h2-3,6-7,10,12,15H,4-5,8-9H2,1H3,(H,22,26)(H,24,27)/t10-,12?,15+/m1/s1. The fraction of sp³-hybridized carbons (Fsp3) is 0.421. The van der Waals surface area contributed by atoms with Crippen molar-refractivity contribution in [2.45, 2.75) is 19.4 Å². The number of hydrogen-bond donors (Lipinski definition) is 2. The molecule has 9 heteroatoms. The Labute approximate surface area is 170 Å². The number of fused-ring (bicyclic) bond motifs is 1. The van der Waals surface area contributed by atoms with Crippen LogP contribution in [0.2, 0.25) is 0 Å². The molecule has 1 unspecified atom stereocenters. The summed E-state index contributed by atoms with van der Waals surface area (Å²) in [7, 11) is 0. The number of aromatic nitrogens is 2. The fourth-order valence-electron chi connectivity index (χ4n) is 3.76. The first-order valence-electron chi connectivity index (χ1n) is 9.21. The molecule has 2 aliphatic heterocycles. The number of halogens is 1. The van der Waals surface area contributed by atoms with Gasteiger partial charge in [-0.1, -0.05) is 6.92 Å². The van der Waals surface area contributed by atoms with Crippen LogP contribution in [-0.4, -0.2) is 58.3 Å². The molecule has 2 saturated heterocycles. The van der Waals surface area contributed by atoms with Gasteiger partial charge in [0.2, 0.25) is 11.8 Å². The number of carbonyl (C=O) groups is 3. The molecule has 0 aliphatic carbocycles. The average Bonchev–Trinajstić information content (AvgIpc) is 3.27. The minimum absolute atomic E-state index is 0.0914. The number of nitrogens with zero attached hydrogens (tertiary/aromatic N) is 3. The van der Waals surface area contributed by atoms with E-state index in [1.54, 1.807) is 23.4 Å². The maximum atomic E-state index is 12.7. The lowest BCUT2D eigenvalue weighted by Crippen LogP contribution is -2.42. The Balaban J connectivity index is 1.45. The highest BCUT2D eigenvalue weighted by Crippen LogP contribution is 2.23. The summed E-state index contributed by atoms with van der Waals surface area (Å²) in [5, 5.41) is 6.53. The zero-order valence-corrected chi connectivity index (χ0v) is 16.9. The van der Waals surface area contributed by atoms with Gasteiger partial charge in [0.05, 0.1) is 16.0 Å². The van der Waals surface area contributed by atoms with Crippen molar-refractivity contribution in [2.24, 2.45) is 11.8 Å². The molecule has 0 radical (unpaired) electrons. The first-order chi connectivity index (χ1) is 13.4. The van der Waals surface area contributed by atoms with Gasteiger partial charge < -0.3 is 15.5 Å². The van der Waals surface area contributed by atoms with Gasteiger partial charge >= 0.3 is 0 Å². The van der Waals surface area contributed by atoms with Gasteiger partial charge in [-0.25, -0.2) is 4.98 Å². The molecule has 146 valence electrons. The van der Waals surface area contributed by atoms with E-state index in [1.807, 2.05) is 13.0 Å². The highest BCUT2D eigenvalue weighted by molar-refractivity contribution is 9.10. The number of pyridine rings is 2. The SMILES string of the molecule is C[C@@H]1CN(C(=O)C2CCNC2=O)C[C@@H]1NC(=O)c1ccc2cncc(Br)c2n1. The number of amides is 3. The van der Waals surface area contributed by atoms with Crippen LogP contribution in [0.3, 0.4) is 0 Å². The van der Waals surface area contributed by atoms with Crippen LogP contribution in [0.25, 0.3) is 10.9 Å². The largest absolute Gasteiger partial charge is 0.355 e. The van der Waals surface area contributed by atoms with E-state index in [1.165, 1.54) is 0 Å². The summed E-state index contributed by atoms with van der Waals surface area (Å²) >= 11 is 3.41. The number of rotatable bonds is 3. The van der Waals surface area contributed by atoms with Crippen molar-refractivity contribution in [1.29, 1.82) is 0 Å². The van der Waals surface area contributed by atoms with Crippen molar-refractivity contribution in [3.05, 3.63) is 34.7 Å². The molecular formula is C19H20BrN5O3. The highest BCUT2D eigenvalue weighted by atomic mass is 79.9. The Bertz CT molecular complexity index is 966. The molecule has 8 nitrogen and oxygen atoms in total. The molecule has 0 saturated carbocycles. The fourth-order valence-corrected chi connectivity index (χ4v) is 4.20. The smallest absolute Gasteiger partial charge is 0.270 e. The summed E-state index contributed by atoms with van der Waals surface area (Å²) < 4.78 is 0.723. The van der Waals surface area contributed by atoms with Gasteiger partial charge in [0, 0.05) is 37.4 Å². The number of hydrogen-bond acceptors (Lipinski definition) is 5. The van der Waals surface area contributed by atoms with Crippen LogP contribution in [0, 0.1) is 11.8 Å². The minimum Gasteiger partial charge on any atom is -0.355 e. The van der Waals surface area contributed by atoms with Crippen molar-refractivity contribution in [1.82, 2.24) is 25.5 Å². The molecule has 2 aromatic rings. The van der Waals surface area contributed by atoms with Crippen molar-refractivity contribution in [2.75, 3.05) is 19.6 Å². The molecule has 28 heavy (non-hydrogen) atoms. The molecule has 3 amide bonds. The average molecular weight is 446 g/mol. The normalized spacial score (nSPS) is 24.4. The Morgan fingerprint density at radius 1 is 1.29 bits per heavy atom. The van der Waals surface area contributed by atoms with Crippen LogP contribution in [0.5, 0.6) is 0 Å². The number of nitrogens with one attached hydrogen (secondary N) is 2. The van der Waals surface area contributed by atoms with E-state index in [4.69, 9.17) is 0 Å². The zero-order chi connectivity index (χ0) is 19.8. The molecule has 4 heterocycles. The molecule has 2 aliphatic rings.